The normalized spacial score (nSPS) is 27.8. The number of methoxy groups -OCH3 is 1. The number of carbonyl (C=O) groups is 1. The highest BCUT2D eigenvalue weighted by Gasteiger charge is 2.39. The van der Waals surface area contributed by atoms with Gasteiger partial charge in [-0.3, -0.25) is 0 Å². The molecule has 5 nitrogen and oxygen atoms in total. The number of alkyl carbamates (subject to hydrolysis) is 1. The molecule has 2 rings (SSSR count). The smallest absolute Gasteiger partial charge is 0.408 e. The topological polar surface area (TPSA) is 59.6 Å². The van der Waals surface area contributed by atoms with E-state index in [1.807, 2.05) is 20.8 Å². The van der Waals surface area contributed by atoms with Gasteiger partial charge in [-0.05, 0) is 65.7 Å². The van der Waals surface area contributed by atoms with Crippen molar-refractivity contribution < 1.29 is 14.3 Å². The van der Waals surface area contributed by atoms with E-state index in [1.165, 1.54) is 6.42 Å². The maximum absolute atomic E-state index is 12.0. The first-order valence-electron chi connectivity index (χ1n) is 8.59. The zero-order chi connectivity index (χ0) is 16.2. The van der Waals surface area contributed by atoms with Crippen molar-refractivity contribution in [2.75, 3.05) is 13.7 Å². The van der Waals surface area contributed by atoms with Crippen molar-refractivity contribution in [1.29, 1.82) is 0 Å². The molecule has 0 radical (unpaired) electrons. The van der Waals surface area contributed by atoms with Gasteiger partial charge in [0, 0.05) is 19.7 Å². The van der Waals surface area contributed by atoms with Gasteiger partial charge in [-0.1, -0.05) is 0 Å². The lowest BCUT2D eigenvalue weighted by molar-refractivity contribution is 0.0363. The minimum absolute atomic E-state index is 0.111. The number of hydrogen-bond acceptors (Lipinski definition) is 4. The largest absolute Gasteiger partial charge is 0.444 e. The zero-order valence-electron chi connectivity index (χ0n) is 14.5. The predicted molar refractivity (Wildman–Crippen MR) is 87.0 cm³/mol. The number of amides is 1. The van der Waals surface area contributed by atoms with Crippen LogP contribution in [0.2, 0.25) is 0 Å². The van der Waals surface area contributed by atoms with Crippen molar-refractivity contribution in [3.05, 3.63) is 0 Å². The van der Waals surface area contributed by atoms with E-state index in [0.717, 1.165) is 45.1 Å². The van der Waals surface area contributed by atoms with Crippen LogP contribution in [0.1, 0.15) is 65.7 Å². The van der Waals surface area contributed by atoms with Gasteiger partial charge in [0.05, 0.1) is 11.6 Å². The van der Waals surface area contributed by atoms with Crippen molar-refractivity contribution in [1.82, 2.24) is 10.6 Å². The molecular weight excluding hydrogens is 280 g/mol. The Kier molecular flexibility index (Phi) is 5.72. The van der Waals surface area contributed by atoms with Crippen molar-refractivity contribution >= 4 is 6.09 Å². The molecule has 128 valence electrons. The fourth-order valence-corrected chi connectivity index (χ4v) is 3.31. The summed E-state index contributed by atoms with van der Waals surface area (Å²) < 4.78 is 10.8. The highest BCUT2D eigenvalue weighted by atomic mass is 16.6. The van der Waals surface area contributed by atoms with Crippen LogP contribution in [-0.2, 0) is 9.47 Å². The third kappa shape index (κ3) is 5.13. The van der Waals surface area contributed by atoms with Crippen LogP contribution in [0.25, 0.3) is 0 Å². The average molecular weight is 312 g/mol. The van der Waals surface area contributed by atoms with Crippen LogP contribution in [-0.4, -0.2) is 43.0 Å². The number of hydrogen-bond donors (Lipinski definition) is 2. The zero-order valence-corrected chi connectivity index (χ0v) is 14.5. The summed E-state index contributed by atoms with van der Waals surface area (Å²) in [5.41, 5.74) is -0.554. The van der Waals surface area contributed by atoms with E-state index in [2.05, 4.69) is 10.6 Å². The number of nitrogens with one attached hydrogen (secondary N) is 2. The van der Waals surface area contributed by atoms with E-state index in [0.29, 0.717) is 12.1 Å². The Labute approximate surface area is 134 Å². The molecule has 0 bridgehead atoms. The molecule has 2 aliphatic rings. The van der Waals surface area contributed by atoms with Crippen molar-refractivity contribution in [3.8, 4) is 0 Å². The molecular formula is C17H32N2O3. The first kappa shape index (κ1) is 17.5. The van der Waals surface area contributed by atoms with Gasteiger partial charge in [-0.15, -0.1) is 0 Å². The Balaban J connectivity index is 1.76. The number of carbonyl (C=O) groups excluding carboxylic acids is 1. The molecule has 2 fully saturated rings. The Morgan fingerprint density at radius 2 is 1.82 bits per heavy atom. The third-order valence-corrected chi connectivity index (χ3v) is 4.81. The minimum Gasteiger partial charge on any atom is -0.444 e. The van der Waals surface area contributed by atoms with E-state index in [-0.39, 0.29) is 11.6 Å². The first-order chi connectivity index (χ1) is 10.3. The molecule has 2 saturated carbocycles. The lowest BCUT2D eigenvalue weighted by Crippen LogP contribution is -2.61. The molecule has 0 aromatic rings. The average Bonchev–Trinajstić information content (AvgIpc) is 2.40. The second kappa shape index (κ2) is 7.18. The molecule has 22 heavy (non-hydrogen) atoms. The van der Waals surface area contributed by atoms with Crippen LogP contribution < -0.4 is 10.6 Å². The van der Waals surface area contributed by atoms with Gasteiger partial charge in [0.1, 0.15) is 5.60 Å². The Hall–Kier alpha value is -0.810. The Bertz CT molecular complexity index is 367. The Morgan fingerprint density at radius 3 is 2.27 bits per heavy atom. The van der Waals surface area contributed by atoms with Crippen LogP contribution in [0.15, 0.2) is 0 Å². The molecule has 5 heteroatoms. The van der Waals surface area contributed by atoms with Gasteiger partial charge < -0.3 is 20.1 Å². The molecule has 0 atom stereocenters. The van der Waals surface area contributed by atoms with Gasteiger partial charge in [0.2, 0.25) is 0 Å². The monoisotopic (exact) mass is 312 g/mol. The second-order valence-corrected chi connectivity index (χ2v) is 7.85. The molecule has 2 aliphatic carbocycles. The lowest BCUT2D eigenvalue weighted by Gasteiger charge is -2.44. The van der Waals surface area contributed by atoms with Gasteiger partial charge >= 0.3 is 6.09 Å². The minimum atomic E-state index is -0.443. The van der Waals surface area contributed by atoms with Crippen LogP contribution in [0, 0.1) is 0 Å². The predicted octanol–water partition coefficient (Wildman–Crippen LogP) is 2.98. The van der Waals surface area contributed by atoms with Gasteiger partial charge in [0.15, 0.2) is 0 Å². The molecule has 0 spiro atoms. The summed E-state index contributed by atoms with van der Waals surface area (Å²) in [6.45, 7) is 6.53. The summed E-state index contributed by atoms with van der Waals surface area (Å²) in [5.74, 6) is 0. The quantitative estimate of drug-likeness (QED) is 0.819. The van der Waals surface area contributed by atoms with E-state index in [1.54, 1.807) is 7.11 Å². The van der Waals surface area contributed by atoms with Crippen molar-refractivity contribution in [3.63, 3.8) is 0 Å². The van der Waals surface area contributed by atoms with Crippen LogP contribution in [0.5, 0.6) is 0 Å². The number of rotatable bonds is 5. The summed E-state index contributed by atoms with van der Waals surface area (Å²) in [4.78, 5) is 12.0. The van der Waals surface area contributed by atoms with Gasteiger partial charge in [-0.25, -0.2) is 4.79 Å². The second-order valence-electron chi connectivity index (χ2n) is 7.85. The fraction of sp³-hybridized carbons (Fsp3) is 0.941. The molecule has 0 aromatic heterocycles. The summed E-state index contributed by atoms with van der Waals surface area (Å²) in [7, 11) is 1.80. The summed E-state index contributed by atoms with van der Waals surface area (Å²) in [6.07, 6.45) is 7.93. The van der Waals surface area contributed by atoms with E-state index in [4.69, 9.17) is 9.47 Å². The van der Waals surface area contributed by atoms with Gasteiger partial charge in [0.25, 0.3) is 0 Å². The third-order valence-electron chi connectivity index (χ3n) is 4.81. The SMILES string of the molecule is COC1CCC(NCC2(NC(=O)OC(C)(C)C)CCC2)CC1. The highest BCUT2D eigenvalue weighted by molar-refractivity contribution is 5.69. The maximum atomic E-state index is 12.0. The first-order valence-corrected chi connectivity index (χ1v) is 8.59. The van der Waals surface area contributed by atoms with Crippen LogP contribution >= 0.6 is 0 Å². The number of ether oxygens (including phenoxy) is 2. The molecule has 0 aliphatic heterocycles. The van der Waals surface area contributed by atoms with E-state index in [9.17, 15) is 4.79 Å². The molecule has 0 unspecified atom stereocenters. The van der Waals surface area contributed by atoms with Gasteiger partial charge in [-0.2, -0.15) is 0 Å². The molecule has 2 N–H and O–H groups in total. The van der Waals surface area contributed by atoms with Crippen LogP contribution in [0.3, 0.4) is 0 Å². The fourth-order valence-electron chi connectivity index (χ4n) is 3.31. The summed E-state index contributed by atoms with van der Waals surface area (Å²) in [5, 5.41) is 6.75. The summed E-state index contributed by atoms with van der Waals surface area (Å²) >= 11 is 0. The molecule has 0 aromatic carbocycles. The highest BCUT2D eigenvalue weighted by Crippen LogP contribution is 2.32. The molecule has 0 heterocycles. The van der Waals surface area contributed by atoms with Crippen LogP contribution in [0.4, 0.5) is 4.79 Å². The molecule has 0 saturated heterocycles. The lowest BCUT2D eigenvalue weighted by atomic mass is 9.76. The van der Waals surface area contributed by atoms with E-state index < -0.39 is 5.60 Å². The summed E-state index contributed by atoms with van der Waals surface area (Å²) in [6, 6.07) is 0.546. The van der Waals surface area contributed by atoms with E-state index >= 15 is 0 Å². The van der Waals surface area contributed by atoms with Crippen molar-refractivity contribution in [2.24, 2.45) is 0 Å². The standard InChI is InChI=1S/C17H32N2O3/c1-16(2,3)22-15(20)19-17(10-5-11-17)12-18-13-6-8-14(21-4)9-7-13/h13-14,18H,5-12H2,1-4H3,(H,19,20). The van der Waals surface area contributed by atoms with Crippen molar-refractivity contribution in [2.45, 2.75) is 89.0 Å². The maximum Gasteiger partial charge on any atom is 0.408 e. The molecule has 1 amide bonds. The Morgan fingerprint density at radius 1 is 1.18 bits per heavy atom.